The fourth-order valence-electron chi connectivity index (χ4n) is 3.07. The molecule has 0 aromatic heterocycles. The van der Waals surface area contributed by atoms with Crippen molar-refractivity contribution in [2.45, 2.75) is 46.0 Å². The largest absolute Gasteiger partial charge is 0.369 e. The zero-order valence-corrected chi connectivity index (χ0v) is 13.5. The van der Waals surface area contributed by atoms with Crippen LogP contribution in [0, 0.1) is 25.7 Å². The number of amides is 2. The lowest BCUT2D eigenvalue weighted by atomic mass is 9.81. The molecule has 22 heavy (non-hydrogen) atoms. The molecule has 0 spiro atoms. The van der Waals surface area contributed by atoms with E-state index in [-0.39, 0.29) is 17.7 Å². The first kappa shape index (κ1) is 16.5. The Balaban J connectivity index is 1.74. The van der Waals surface area contributed by atoms with Gasteiger partial charge in [0.15, 0.2) is 0 Å². The maximum atomic E-state index is 12.0. The summed E-state index contributed by atoms with van der Waals surface area (Å²) in [5, 5.41) is 3.02. The summed E-state index contributed by atoms with van der Waals surface area (Å²) >= 11 is 0. The molecule has 3 N–H and O–H groups in total. The molecule has 0 radical (unpaired) electrons. The summed E-state index contributed by atoms with van der Waals surface area (Å²) in [5.41, 5.74) is 8.85. The number of aryl methyl sites for hydroxylation is 2. The Morgan fingerprint density at radius 3 is 2.41 bits per heavy atom. The van der Waals surface area contributed by atoms with Gasteiger partial charge < -0.3 is 11.1 Å². The van der Waals surface area contributed by atoms with Crippen molar-refractivity contribution in [3.05, 3.63) is 34.9 Å². The van der Waals surface area contributed by atoms with Gasteiger partial charge in [-0.2, -0.15) is 0 Å². The predicted molar refractivity (Wildman–Crippen MR) is 87.3 cm³/mol. The number of hydrogen-bond acceptors (Lipinski definition) is 2. The number of rotatable bonds is 5. The minimum atomic E-state index is -0.183. The van der Waals surface area contributed by atoms with E-state index in [0.717, 1.165) is 31.2 Å². The third-order valence-electron chi connectivity index (χ3n) is 4.77. The number of benzene rings is 1. The molecule has 4 heteroatoms. The molecule has 120 valence electrons. The minimum absolute atomic E-state index is 0.0301. The second kappa shape index (κ2) is 7.43. The van der Waals surface area contributed by atoms with Gasteiger partial charge in [-0.25, -0.2) is 0 Å². The van der Waals surface area contributed by atoms with E-state index in [4.69, 9.17) is 5.73 Å². The van der Waals surface area contributed by atoms with Crippen molar-refractivity contribution in [3.8, 4) is 0 Å². The third-order valence-corrected chi connectivity index (χ3v) is 4.77. The molecule has 2 amide bonds. The van der Waals surface area contributed by atoms with Gasteiger partial charge in [0.2, 0.25) is 11.8 Å². The average Bonchev–Trinajstić information content (AvgIpc) is 2.49. The highest BCUT2D eigenvalue weighted by Crippen LogP contribution is 2.28. The summed E-state index contributed by atoms with van der Waals surface area (Å²) in [6.07, 6.45) is 4.08. The first-order valence-electron chi connectivity index (χ1n) is 8.08. The molecule has 1 aromatic rings. The molecule has 1 aliphatic rings. The van der Waals surface area contributed by atoms with E-state index in [2.05, 4.69) is 31.3 Å². The quantitative estimate of drug-likeness (QED) is 0.875. The summed E-state index contributed by atoms with van der Waals surface area (Å²) in [5.74, 6) is 0.388. The highest BCUT2D eigenvalue weighted by molar-refractivity contribution is 5.78. The SMILES string of the molecule is Cc1ccc(CC(=O)NCC2CCC(C(N)=O)CC2)cc1C. The lowest BCUT2D eigenvalue weighted by Gasteiger charge is -2.26. The van der Waals surface area contributed by atoms with Crippen LogP contribution in [-0.4, -0.2) is 18.4 Å². The van der Waals surface area contributed by atoms with Gasteiger partial charge in [-0.05, 0) is 62.1 Å². The van der Waals surface area contributed by atoms with Gasteiger partial charge in [0.1, 0.15) is 0 Å². The van der Waals surface area contributed by atoms with Gasteiger partial charge in [-0.1, -0.05) is 18.2 Å². The highest BCUT2D eigenvalue weighted by atomic mass is 16.2. The molecule has 1 saturated carbocycles. The Morgan fingerprint density at radius 2 is 1.82 bits per heavy atom. The predicted octanol–water partition coefficient (Wildman–Crippen LogP) is 2.25. The van der Waals surface area contributed by atoms with Crippen LogP contribution in [0.25, 0.3) is 0 Å². The van der Waals surface area contributed by atoms with E-state index in [1.54, 1.807) is 0 Å². The summed E-state index contributed by atoms with van der Waals surface area (Å²) in [4.78, 5) is 23.2. The number of primary amides is 1. The fourth-order valence-corrected chi connectivity index (χ4v) is 3.07. The molecule has 2 rings (SSSR count). The number of hydrogen-bond donors (Lipinski definition) is 2. The Labute approximate surface area is 132 Å². The van der Waals surface area contributed by atoms with Crippen LogP contribution >= 0.6 is 0 Å². The van der Waals surface area contributed by atoms with E-state index in [1.165, 1.54) is 11.1 Å². The zero-order chi connectivity index (χ0) is 16.1. The minimum Gasteiger partial charge on any atom is -0.369 e. The van der Waals surface area contributed by atoms with Crippen LogP contribution in [-0.2, 0) is 16.0 Å². The number of nitrogens with two attached hydrogens (primary N) is 1. The Morgan fingerprint density at radius 1 is 1.14 bits per heavy atom. The van der Waals surface area contributed by atoms with Crippen LogP contribution in [0.15, 0.2) is 18.2 Å². The summed E-state index contributed by atoms with van der Waals surface area (Å²) in [6, 6.07) is 6.15. The Bertz CT molecular complexity index is 546. The molecule has 1 aromatic carbocycles. The van der Waals surface area contributed by atoms with Gasteiger partial charge in [0.25, 0.3) is 0 Å². The van der Waals surface area contributed by atoms with E-state index >= 15 is 0 Å². The Kier molecular flexibility index (Phi) is 5.58. The molecule has 0 saturated heterocycles. The van der Waals surface area contributed by atoms with Crippen molar-refractivity contribution in [3.63, 3.8) is 0 Å². The molecule has 0 aliphatic heterocycles. The summed E-state index contributed by atoms with van der Waals surface area (Å²) in [7, 11) is 0. The standard InChI is InChI=1S/C18H26N2O2/c1-12-3-4-15(9-13(12)2)10-17(21)20-11-14-5-7-16(8-6-14)18(19)22/h3-4,9,14,16H,5-8,10-11H2,1-2H3,(H2,19,22)(H,20,21). The first-order valence-corrected chi connectivity index (χ1v) is 8.08. The molecule has 1 fully saturated rings. The van der Waals surface area contributed by atoms with Crippen LogP contribution in [0.5, 0.6) is 0 Å². The van der Waals surface area contributed by atoms with Crippen molar-refractivity contribution in [2.75, 3.05) is 6.54 Å². The number of carbonyl (C=O) groups is 2. The average molecular weight is 302 g/mol. The van der Waals surface area contributed by atoms with Gasteiger partial charge >= 0.3 is 0 Å². The lowest BCUT2D eigenvalue weighted by Crippen LogP contribution is -2.34. The normalized spacial score (nSPS) is 21.4. The molecular formula is C18H26N2O2. The summed E-state index contributed by atoms with van der Waals surface area (Å²) in [6.45, 7) is 4.84. The topological polar surface area (TPSA) is 72.2 Å². The van der Waals surface area contributed by atoms with Crippen molar-refractivity contribution < 1.29 is 9.59 Å². The van der Waals surface area contributed by atoms with E-state index in [0.29, 0.717) is 18.9 Å². The highest BCUT2D eigenvalue weighted by Gasteiger charge is 2.24. The first-order chi connectivity index (χ1) is 10.5. The smallest absolute Gasteiger partial charge is 0.224 e. The van der Waals surface area contributed by atoms with E-state index in [9.17, 15) is 9.59 Å². The van der Waals surface area contributed by atoms with E-state index in [1.807, 2.05) is 6.07 Å². The molecule has 4 nitrogen and oxygen atoms in total. The van der Waals surface area contributed by atoms with Crippen molar-refractivity contribution in [1.29, 1.82) is 0 Å². The van der Waals surface area contributed by atoms with Gasteiger partial charge in [0.05, 0.1) is 6.42 Å². The maximum Gasteiger partial charge on any atom is 0.224 e. The van der Waals surface area contributed by atoms with Gasteiger partial charge in [0, 0.05) is 12.5 Å². The van der Waals surface area contributed by atoms with E-state index < -0.39 is 0 Å². The number of carbonyl (C=O) groups excluding carboxylic acids is 2. The van der Waals surface area contributed by atoms with Crippen molar-refractivity contribution in [1.82, 2.24) is 5.32 Å². The van der Waals surface area contributed by atoms with Crippen molar-refractivity contribution >= 4 is 11.8 Å². The number of nitrogens with one attached hydrogen (secondary N) is 1. The van der Waals surface area contributed by atoms with Crippen LogP contribution in [0.1, 0.15) is 42.4 Å². The van der Waals surface area contributed by atoms with Crippen LogP contribution in [0.4, 0.5) is 0 Å². The third kappa shape index (κ3) is 4.58. The van der Waals surface area contributed by atoms with Crippen molar-refractivity contribution in [2.24, 2.45) is 17.6 Å². The molecule has 0 bridgehead atoms. The van der Waals surface area contributed by atoms with Gasteiger partial charge in [-0.15, -0.1) is 0 Å². The molecular weight excluding hydrogens is 276 g/mol. The van der Waals surface area contributed by atoms with Crippen LogP contribution in [0.3, 0.4) is 0 Å². The lowest BCUT2D eigenvalue weighted by molar-refractivity contribution is -0.123. The zero-order valence-electron chi connectivity index (χ0n) is 13.5. The Hall–Kier alpha value is -1.84. The van der Waals surface area contributed by atoms with Gasteiger partial charge in [-0.3, -0.25) is 9.59 Å². The molecule has 0 unspecified atom stereocenters. The molecule has 1 aliphatic carbocycles. The van der Waals surface area contributed by atoms with Crippen LogP contribution < -0.4 is 11.1 Å². The van der Waals surface area contributed by atoms with Crippen LogP contribution in [0.2, 0.25) is 0 Å². The molecule has 0 atom stereocenters. The second-order valence-corrected chi connectivity index (χ2v) is 6.52. The fraction of sp³-hybridized carbons (Fsp3) is 0.556. The molecule has 0 heterocycles. The summed E-state index contributed by atoms with van der Waals surface area (Å²) < 4.78 is 0. The second-order valence-electron chi connectivity index (χ2n) is 6.52. The maximum absolute atomic E-state index is 12.0. The monoisotopic (exact) mass is 302 g/mol.